The standard InChI is InChI=1S/C20H15ClF4N4O4/c21-12-3-10(4-13(22)7-12)8-27-18(31)33-19(32)1-2-29(17(19)30)14-5-11-6-15(20(23,24)25)28-16(11)26-9-14/h3-7,9,32H,1-2,8H2,(H,26,28)(H,27,31). The molecule has 3 aromatic rings. The Labute approximate surface area is 188 Å². The Balaban J connectivity index is 1.44. The Morgan fingerprint density at radius 3 is 2.76 bits per heavy atom. The first-order chi connectivity index (χ1) is 15.4. The molecule has 1 unspecified atom stereocenters. The van der Waals surface area contributed by atoms with Crippen LogP contribution in [0, 0.1) is 5.82 Å². The number of hydrogen-bond donors (Lipinski definition) is 3. The van der Waals surface area contributed by atoms with Crippen molar-refractivity contribution in [3.05, 3.63) is 58.6 Å². The number of fused-ring (bicyclic) bond motifs is 1. The van der Waals surface area contributed by atoms with E-state index in [-0.39, 0.29) is 41.3 Å². The molecule has 1 aliphatic heterocycles. The summed E-state index contributed by atoms with van der Waals surface area (Å²) in [6, 6.07) is 5.78. The van der Waals surface area contributed by atoms with Gasteiger partial charge in [0.2, 0.25) is 0 Å². The number of rotatable bonds is 4. The predicted molar refractivity (Wildman–Crippen MR) is 108 cm³/mol. The number of amides is 2. The first-order valence-electron chi connectivity index (χ1n) is 9.47. The number of carbonyl (C=O) groups excluding carboxylic acids is 2. The molecular weight excluding hydrogens is 472 g/mol. The molecule has 0 aliphatic carbocycles. The lowest BCUT2D eigenvalue weighted by Gasteiger charge is -2.22. The monoisotopic (exact) mass is 486 g/mol. The van der Waals surface area contributed by atoms with Gasteiger partial charge in [-0.25, -0.2) is 14.2 Å². The number of carbonyl (C=O) groups is 2. The molecular formula is C20H15ClF4N4O4. The topological polar surface area (TPSA) is 108 Å². The van der Waals surface area contributed by atoms with Crippen LogP contribution in [0.4, 0.5) is 28.0 Å². The van der Waals surface area contributed by atoms with E-state index in [2.05, 4.69) is 15.3 Å². The van der Waals surface area contributed by atoms with Gasteiger partial charge in [-0.2, -0.15) is 13.2 Å². The molecule has 3 heterocycles. The Kier molecular flexibility index (Phi) is 5.66. The fourth-order valence-corrected chi connectivity index (χ4v) is 3.65. The van der Waals surface area contributed by atoms with Crippen molar-refractivity contribution in [2.75, 3.05) is 11.4 Å². The third-order valence-corrected chi connectivity index (χ3v) is 5.17. The summed E-state index contributed by atoms with van der Waals surface area (Å²) in [5.74, 6) is -4.09. The minimum absolute atomic E-state index is 0.0268. The molecule has 0 radical (unpaired) electrons. The summed E-state index contributed by atoms with van der Waals surface area (Å²) in [6.45, 7) is -0.258. The van der Waals surface area contributed by atoms with Gasteiger partial charge in [0.25, 0.3) is 11.7 Å². The molecule has 33 heavy (non-hydrogen) atoms. The summed E-state index contributed by atoms with van der Waals surface area (Å²) in [5.41, 5.74) is -0.575. The lowest BCUT2D eigenvalue weighted by molar-refractivity contribution is -0.175. The normalized spacial score (nSPS) is 18.7. The van der Waals surface area contributed by atoms with Crippen molar-refractivity contribution in [1.29, 1.82) is 0 Å². The van der Waals surface area contributed by atoms with Gasteiger partial charge in [-0.1, -0.05) is 11.6 Å². The van der Waals surface area contributed by atoms with E-state index in [0.717, 1.165) is 29.3 Å². The molecule has 0 saturated carbocycles. The van der Waals surface area contributed by atoms with E-state index in [9.17, 15) is 32.3 Å². The highest BCUT2D eigenvalue weighted by atomic mass is 35.5. The lowest BCUT2D eigenvalue weighted by atomic mass is 10.2. The lowest BCUT2D eigenvalue weighted by Crippen LogP contribution is -2.46. The van der Waals surface area contributed by atoms with Gasteiger partial charge < -0.3 is 25.0 Å². The SMILES string of the molecule is O=C(NCc1cc(F)cc(Cl)c1)OC1(O)CCN(c2cnc3[nH]c(C(F)(F)F)cc3c2)C1=O. The van der Waals surface area contributed by atoms with Crippen LogP contribution in [0.5, 0.6) is 0 Å². The quantitative estimate of drug-likeness (QED) is 0.385. The van der Waals surface area contributed by atoms with E-state index in [4.69, 9.17) is 16.3 Å². The van der Waals surface area contributed by atoms with Gasteiger partial charge in [0.15, 0.2) is 0 Å². The predicted octanol–water partition coefficient (Wildman–Crippen LogP) is 3.73. The number of hydrogen-bond acceptors (Lipinski definition) is 5. The van der Waals surface area contributed by atoms with Crippen molar-refractivity contribution in [1.82, 2.24) is 15.3 Å². The molecule has 174 valence electrons. The number of pyridine rings is 1. The Morgan fingerprint density at radius 2 is 2.06 bits per heavy atom. The van der Waals surface area contributed by atoms with Crippen LogP contribution in [0.25, 0.3) is 11.0 Å². The fraction of sp³-hybridized carbons (Fsp3) is 0.250. The number of aromatic nitrogens is 2. The van der Waals surface area contributed by atoms with Crippen LogP contribution >= 0.6 is 11.6 Å². The van der Waals surface area contributed by atoms with Crippen LogP contribution in [0.2, 0.25) is 5.02 Å². The smallest absolute Gasteiger partial charge is 0.407 e. The van der Waals surface area contributed by atoms with Crippen molar-refractivity contribution >= 4 is 40.3 Å². The van der Waals surface area contributed by atoms with Crippen molar-refractivity contribution in [2.45, 2.75) is 24.9 Å². The number of aliphatic hydroxyl groups is 1. The Morgan fingerprint density at radius 1 is 1.30 bits per heavy atom. The highest BCUT2D eigenvalue weighted by Gasteiger charge is 2.49. The number of alkyl carbamates (subject to hydrolysis) is 1. The van der Waals surface area contributed by atoms with E-state index in [1.807, 2.05) is 0 Å². The number of nitrogens with one attached hydrogen (secondary N) is 2. The van der Waals surface area contributed by atoms with Gasteiger partial charge in [-0.05, 0) is 35.9 Å². The van der Waals surface area contributed by atoms with E-state index in [1.54, 1.807) is 0 Å². The third-order valence-electron chi connectivity index (χ3n) is 4.95. The number of anilines is 1. The summed E-state index contributed by atoms with van der Waals surface area (Å²) in [4.78, 5) is 31.9. The number of ether oxygens (including phenoxy) is 1. The number of nitrogens with zero attached hydrogens (tertiary/aromatic N) is 2. The summed E-state index contributed by atoms with van der Waals surface area (Å²) in [7, 11) is 0. The molecule has 4 rings (SSSR count). The summed E-state index contributed by atoms with van der Waals surface area (Å²) >= 11 is 5.74. The van der Waals surface area contributed by atoms with E-state index in [0.29, 0.717) is 5.56 Å². The van der Waals surface area contributed by atoms with Gasteiger partial charge in [0, 0.05) is 29.9 Å². The molecule has 8 nitrogen and oxygen atoms in total. The van der Waals surface area contributed by atoms with Gasteiger partial charge in [0.1, 0.15) is 17.2 Å². The summed E-state index contributed by atoms with van der Waals surface area (Å²) in [5, 5.41) is 13.1. The van der Waals surface area contributed by atoms with Crippen LogP contribution in [-0.4, -0.2) is 39.4 Å². The molecule has 0 spiro atoms. The fourth-order valence-electron chi connectivity index (χ4n) is 3.40. The maximum Gasteiger partial charge on any atom is 0.431 e. The second-order valence-electron chi connectivity index (χ2n) is 7.32. The van der Waals surface area contributed by atoms with Crippen LogP contribution < -0.4 is 10.2 Å². The maximum atomic E-state index is 13.4. The number of H-pyrrole nitrogens is 1. The molecule has 1 aliphatic rings. The van der Waals surface area contributed by atoms with Crippen LogP contribution in [0.15, 0.2) is 36.5 Å². The zero-order valence-electron chi connectivity index (χ0n) is 16.5. The number of halogens is 5. The minimum atomic E-state index is -4.59. The van der Waals surface area contributed by atoms with Crippen molar-refractivity contribution in [3.8, 4) is 0 Å². The number of aromatic amines is 1. The molecule has 1 aromatic carbocycles. The first kappa shape index (κ1) is 22.8. The maximum absolute atomic E-state index is 13.4. The van der Waals surface area contributed by atoms with Crippen molar-refractivity contribution in [3.63, 3.8) is 0 Å². The zero-order chi connectivity index (χ0) is 24.0. The average Bonchev–Trinajstić information content (AvgIpc) is 3.27. The molecule has 3 N–H and O–H groups in total. The molecule has 1 atom stereocenters. The average molecular weight is 487 g/mol. The number of benzene rings is 1. The van der Waals surface area contributed by atoms with Crippen LogP contribution in [0.3, 0.4) is 0 Å². The van der Waals surface area contributed by atoms with Gasteiger partial charge in [0.05, 0.1) is 11.9 Å². The van der Waals surface area contributed by atoms with E-state index < -0.39 is 35.5 Å². The van der Waals surface area contributed by atoms with Gasteiger partial charge in [-0.3, -0.25) is 4.79 Å². The second kappa shape index (κ2) is 8.19. The minimum Gasteiger partial charge on any atom is -0.407 e. The molecule has 13 heteroatoms. The van der Waals surface area contributed by atoms with Crippen molar-refractivity contribution in [2.24, 2.45) is 0 Å². The second-order valence-corrected chi connectivity index (χ2v) is 7.76. The van der Waals surface area contributed by atoms with Crippen LogP contribution in [-0.2, 0) is 22.3 Å². The molecule has 2 aromatic heterocycles. The molecule has 0 bridgehead atoms. The van der Waals surface area contributed by atoms with Crippen molar-refractivity contribution < 1.29 is 37.0 Å². The van der Waals surface area contributed by atoms with E-state index >= 15 is 0 Å². The Hall–Kier alpha value is -3.38. The van der Waals surface area contributed by atoms with Gasteiger partial charge in [-0.15, -0.1) is 0 Å². The third kappa shape index (κ3) is 4.71. The summed E-state index contributed by atoms with van der Waals surface area (Å²) < 4.78 is 56.9. The van der Waals surface area contributed by atoms with Crippen LogP contribution in [0.1, 0.15) is 17.7 Å². The molecule has 1 saturated heterocycles. The highest BCUT2D eigenvalue weighted by Crippen LogP contribution is 2.34. The largest absolute Gasteiger partial charge is 0.431 e. The zero-order valence-corrected chi connectivity index (χ0v) is 17.3. The molecule has 2 amide bonds. The number of alkyl halides is 3. The highest BCUT2D eigenvalue weighted by molar-refractivity contribution is 6.30. The van der Waals surface area contributed by atoms with E-state index in [1.165, 1.54) is 12.1 Å². The van der Waals surface area contributed by atoms with Gasteiger partial charge >= 0.3 is 12.3 Å². The Bertz CT molecular complexity index is 1230. The molecule has 1 fully saturated rings. The first-order valence-corrected chi connectivity index (χ1v) is 9.84. The summed E-state index contributed by atoms with van der Waals surface area (Å²) in [6.07, 6.45) is -4.86.